The van der Waals surface area contributed by atoms with E-state index in [-0.39, 0.29) is 11.4 Å². The maximum Gasteiger partial charge on any atom is 0.288 e. The first-order valence-corrected chi connectivity index (χ1v) is 4.38. The summed E-state index contributed by atoms with van der Waals surface area (Å²) in [7, 11) is 0. The second-order valence-corrected chi connectivity index (χ2v) is 3.35. The van der Waals surface area contributed by atoms with Gasteiger partial charge in [-0.1, -0.05) is 0 Å². The van der Waals surface area contributed by atoms with E-state index in [1.165, 1.54) is 25.1 Å². The maximum absolute atomic E-state index is 10.6. The average molecular weight is 257 g/mol. The molecular formula is C8H5BrN2O3. The first-order chi connectivity index (χ1) is 6.57. The molecule has 0 heterocycles. The van der Waals surface area contributed by atoms with Crippen molar-refractivity contribution in [3.8, 4) is 0 Å². The zero-order valence-corrected chi connectivity index (χ0v) is 8.74. The summed E-state index contributed by atoms with van der Waals surface area (Å²) < 4.78 is 0.366. The minimum absolute atomic E-state index is 0.0819. The molecule has 0 unspecified atom stereocenters. The fraction of sp³-hybridized carbons (Fsp3) is 0.125. The fourth-order valence-electron chi connectivity index (χ4n) is 1.05. The number of isocyanates is 1. The summed E-state index contributed by atoms with van der Waals surface area (Å²) in [4.78, 5) is 23.5. The normalized spacial score (nSPS) is 9.29. The van der Waals surface area contributed by atoms with Gasteiger partial charge in [-0.15, -0.1) is 0 Å². The predicted molar refractivity (Wildman–Crippen MR) is 53.3 cm³/mol. The Morgan fingerprint density at radius 2 is 2.21 bits per heavy atom. The summed E-state index contributed by atoms with van der Waals surface area (Å²) in [5.41, 5.74) is 0.518. The summed E-state index contributed by atoms with van der Waals surface area (Å²) >= 11 is 3.05. The summed E-state index contributed by atoms with van der Waals surface area (Å²) in [5, 5.41) is 10.6. The third-order valence-electron chi connectivity index (χ3n) is 1.70. The molecule has 0 aliphatic rings. The van der Waals surface area contributed by atoms with Gasteiger partial charge in [0.25, 0.3) is 5.69 Å². The SMILES string of the molecule is Cc1c(N=C=O)ccc(Br)c1[N+](=O)[O-]. The Labute approximate surface area is 87.7 Å². The molecule has 6 heteroatoms. The molecule has 1 aromatic rings. The minimum atomic E-state index is -0.525. The van der Waals surface area contributed by atoms with Crippen molar-refractivity contribution in [3.05, 3.63) is 32.3 Å². The zero-order valence-electron chi connectivity index (χ0n) is 7.15. The number of rotatable bonds is 2. The van der Waals surface area contributed by atoms with Crippen LogP contribution in [0, 0.1) is 17.0 Å². The van der Waals surface area contributed by atoms with Gasteiger partial charge < -0.3 is 0 Å². The number of nitro benzene ring substituents is 1. The van der Waals surface area contributed by atoms with Crippen molar-refractivity contribution < 1.29 is 9.72 Å². The zero-order chi connectivity index (χ0) is 10.7. The lowest BCUT2D eigenvalue weighted by Crippen LogP contribution is -1.93. The van der Waals surface area contributed by atoms with Crippen LogP contribution in [0.15, 0.2) is 21.6 Å². The third kappa shape index (κ3) is 1.86. The Morgan fingerprint density at radius 1 is 1.57 bits per heavy atom. The van der Waals surface area contributed by atoms with Crippen LogP contribution in [0.3, 0.4) is 0 Å². The Morgan fingerprint density at radius 3 is 2.71 bits per heavy atom. The third-order valence-corrected chi connectivity index (χ3v) is 2.34. The van der Waals surface area contributed by atoms with E-state index in [1.54, 1.807) is 0 Å². The Bertz CT molecular complexity index is 438. The van der Waals surface area contributed by atoms with Crippen LogP contribution in [0.2, 0.25) is 0 Å². The van der Waals surface area contributed by atoms with E-state index in [0.29, 0.717) is 10.0 Å². The lowest BCUT2D eigenvalue weighted by atomic mass is 10.1. The van der Waals surface area contributed by atoms with Gasteiger partial charge >= 0.3 is 0 Å². The molecule has 0 saturated heterocycles. The van der Waals surface area contributed by atoms with Crippen LogP contribution < -0.4 is 0 Å². The molecule has 0 saturated carbocycles. The van der Waals surface area contributed by atoms with Gasteiger partial charge in [0.2, 0.25) is 6.08 Å². The van der Waals surface area contributed by atoms with E-state index in [4.69, 9.17) is 0 Å². The van der Waals surface area contributed by atoms with Crippen molar-refractivity contribution in [1.29, 1.82) is 0 Å². The Hall–Kier alpha value is -1.52. The predicted octanol–water partition coefficient (Wildman–Crippen LogP) is 2.63. The highest BCUT2D eigenvalue weighted by atomic mass is 79.9. The Kier molecular flexibility index (Phi) is 3.11. The Balaban J connectivity index is 3.48. The highest BCUT2D eigenvalue weighted by Crippen LogP contribution is 2.34. The quantitative estimate of drug-likeness (QED) is 0.354. The molecule has 0 bridgehead atoms. The summed E-state index contributed by atoms with van der Waals surface area (Å²) in [5.74, 6) is 0. The molecule has 14 heavy (non-hydrogen) atoms. The van der Waals surface area contributed by atoms with E-state index in [0.717, 1.165) is 0 Å². The fourth-order valence-corrected chi connectivity index (χ4v) is 1.63. The highest BCUT2D eigenvalue weighted by molar-refractivity contribution is 9.10. The number of carbonyl (C=O) groups excluding carboxylic acids is 1. The lowest BCUT2D eigenvalue weighted by molar-refractivity contribution is -0.386. The van der Waals surface area contributed by atoms with E-state index in [2.05, 4.69) is 20.9 Å². The molecule has 0 N–H and O–H groups in total. The van der Waals surface area contributed by atoms with E-state index in [9.17, 15) is 14.9 Å². The number of nitrogens with zero attached hydrogens (tertiary/aromatic N) is 2. The van der Waals surface area contributed by atoms with Crippen LogP contribution in [-0.4, -0.2) is 11.0 Å². The molecule has 0 aliphatic carbocycles. The molecule has 0 radical (unpaired) electrons. The topological polar surface area (TPSA) is 72.6 Å². The average Bonchev–Trinajstić information content (AvgIpc) is 2.10. The smallest absolute Gasteiger partial charge is 0.258 e. The van der Waals surface area contributed by atoms with Crippen molar-refractivity contribution >= 4 is 33.4 Å². The van der Waals surface area contributed by atoms with E-state index in [1.807, 2.05) is 0 Å². The maximum atomic E-state index is 10.6. The standard InChI is InChI=1S/C8H5BrN2O3/c1-5-7(10-4-12)3-2-6(9)8(5)11(13)14/h2-3H,1H3. The minimum Gasteiger partial charge on any atom is -0.258 e. The molecule has 1 rings (SSSR count). The molecule has 0 amide bonds. The van der Waals surface area contributed by atoms with Gasteiger partial charge in [-0.2, -0.15) is 4.99 Å². The van der Waals surface area contributed by atoms with Crippen molar-refractivity contribution in [1.82, 2.24) is 0 Å². The van der Waals surface area contributed by atoms with Crippen molar-refractivity contribution in [2.75, 3.05) is 0 Å². The number of benzene rings is 1. The van der Waals surface area contributed by atoms with E-state index >= 15 is 0 Å². The number of nitro groups is 1. The van der Waals surface area contributed by atoms with Gasteiger partial charge in [0, 0.05) is 0 Å². The van der Waals surface area contributed by atoms with Crippen LogP contribution in [0.4, 0.5) is 11.4 Å². The molecule has 0 aromatic heterocycles. The van der Waals surface area contributed by atoms with Crippen molar-refractivity contribution in [2.24, 2.45) is 4.99 Å². The largest absolute Gasteiger partial charge is 0.288 e. The summed E-state index contributed by atoms with van der Waals surface area (Å²) in [6.45, 7) is 1.53. The van der Waals surface area contributed by atoms with Crippen LogP contribution in [0.25, 0.3) is 0 Å². The molecular weight excluding hydrogens is 252 g/mol. The molecule has 72 valence electrons. The van der Waals surface area contributed by atoms with Crippen molar-refractivity contribution in [3.63, 3.8) is 0 Å². The van der Waals surface area contributed by atoms with Gasteiger partial charge in [0.1, 0.15) is 0 Å². The lowest BCUT2D eigenvalue weighted by Gasteiger charge is -2.01. The molecule has 0 atom stereocenters. The van der Waals surface area contributed by atoms with Crippen LogP contribution in [0.5, 0.6) is 0 Å². The molecule has 5 nitrogen and oxygen atoms in total. The monoisotopic (exact) mass is 256 g/mol. The molecule has 0 aliphatic heterocycles. The molecule has 1 aromatic carbocycles. The van der Waals surface area contributed by atoms with Crippen LogP contribution >= 0.6 is 15.9 Å². The summed E-state index contributed by atoms with van der Waals surface area (Å²) in [6.07, 6.45) is 1.35. The van der Waals surface area contributed by atoms with Crippen LogP contribution in [-0.2, 0) is 4.79 Å². The van der Waals surface area contributed by atoms with Gasteiger partial charge in [0.15, 0.2) is 0 Å². The second kappa shape index (κ2) is 4.13. The first-order valence-electron chi connectivity index (χ1n) is 3.59. The van der Waals surface area contributed by atoms with Gasteiger partial charge in [-0.25, -0.2) is 4.79 Å². The van der Waals surface area contributed by atoms with Crippen molar-refractivity contribution in [2.45, 2.75) is 6.92 Å². The van der Waals surface area contributed by atoms with Gasteiger partial charge in [0.05, 0.1) is 20.6 Å². The summed E-state index contributed by atoms with van der Waals surface area (Å²) in [6, 6.07) is 2.98. The number of halogens is 1. The van der Waals surface area contributed by atoms with Gasteiger partial charge in [-0.05, 0) is 35.0 Å². The number of aliphatic imine (C=N–C) groups is 1. The van der Waals surface area contributed by atoms with Crippen LogP contribution in [0.1, 0.15) is 5.56 Å². The first kappa shape index (κ1) is 10.6. The number of hydrogen-bond donors (Lipinski definition) is 0. The highest BCUT2D eigenvalue weighted by Gasteiger charge is 2.18. The molecule has 0 fully saturated rings. The second-order valence-electron chi connectivity index (χ2n) is 2.50. The molecule has 0 spiro atoms. The number of hydrogen-bond acceptors (Lipinski definition) is 4. The van der Waals surface area contributed by atoms with E-state index < -0.39 is 4.92 Å². The van der Waals surface area contributed by atoms with Gasteiger partial charge in [-0.3, -0.25) is 10.1 Å².